The zero-order chi connectivity index (χ0) is 18.3. The summed E-state index contributed by atoms with van der Waals surface area (Å²) in [5.74, 6) is 1.54. The Hall–Kier alpha value is -2.51. The fourth-order valence-corrected chi connectivity index (χ4v) is 3.52. The number of hydrogen-bond donors (Lipinski definition) is 2. The van der Waals surface area contributed by atoms with E-state index < -0.39 is 0 Å². The number of piperidine rings is 1. The lowest BCUT2D eigenvalue weighted by atomic mass is 9.97. The second kappa shape index (κ2) is 8.92. The van der Waals surface area contributed by atoms with Gasteiger partial charge < -0.3 is 15.0 Å². The van der Waals surface area contributed by atoms with Gasteiger partial charge in [0.2, 0.25) is 0 Å². The Balaban J connectivity index is 1.14. The van der Waals surface area contributed by atoms with Gasteiger partial charge in [-0.15, -0.1) is 0 Å². The number of likely N-dealkylation sites (tertiary alicyclic amines) is 1. The van der Waals surface area contributed by atoms with Crippen molar-refractivity contribution < 1.29 is 4.74 Å². The van der Waals surface area contributed by atoms with E-state index in [0.29, 0.717) is 12.5 Å². The summed E-state index contributed by atoms with van der Waals surface area (Å²) in [6, 6.07) is 10.3. The Labute approximate surface area is 159 Å². The number of aromatic amines is 1. The number of ether oxygens (including phenoxy) is 1. The molecule has 0 spiro atoms. The summed E-state index contributed by atoms with van der Waals surface area (Å²) in [6.45, 7) is 5.70. The van der Waals surface area contributed by atoms with Crippen LogP contribution >= 0.6 is 0 Å². The largest absolute Gasteiger partial charge is 0.375 e. The van der Waals surface area contributed by atoms with Crippen molar-refractivity contribution in [1.29, 1.82) is 0 Å². The van der Waals surface area contributed by atoms with Crippen LogP contribution < -0.4 is 5.32 Å². The highest BCUT2D eigenvalue weighted by molar-refractivity contribution is 5.85. The first-order valence-electron chi connectivity index (χ1n) is 9.60. The average Bonchev–Trinajstić information content (AvgIpc) is 3.21. The van der Waals surface area contributed by atoms with E-state index in [2.05, 4.69) is 54.6 Å². The molecule has 0 unspecified atom stereocenters. The molecule has 142 valence electrons. The highest BCUT2D eigenvalue weighted by Crippen LogP contribution is 2.20. The van der Waals surface area contributed by atoms with Crippen molar-refractivity contribution in [3.05, 3.63) is 48.4 Å². The first-order chi connectivity index (χ1) is 13.4. The van der Waals surface area contributed by atoms with Gasteiger partial charge >= 0.3 is 0 Å². The standard InChI is InChI=1S/C20H26N6O/c1-2-4-17(5-3-1)14-27-11-10-26-8-6-16(7-9-26)12-21-19-18-13-24-25-20(18)23-15-22-19/h1-5,13,15-16H,6-12,14H2,(H2,21,22,23,24,25). The summed E-state index contributed by atoms with van der Waals surface area (Å²) in [6.07, 6.45) is 5.74. The quantitative estimate of drug-likeness (QED) is 0.597. The van der Waals surface area contributed by atoms with Crippen LogP contribution in [0.15, 0.2) is 42.9 Å². The molecule has 3 aromatic rings. The van der Waals surface area contributed by atoms with E-state index >= 15 is 0 Å². The summed E-state index contributed by atoms with van der Waals surface area (Å²) in [7, 11) is 0. The van der Waals surface area contributed by atoms with Crippen LogP contribution in [0.5, 0.6) is 0 Å². The molecule has 0 radical (unpaired) electrons. The van der Waals surface area contributed by atoms with Crippen molar-refractivity contribution in [2.24, 2.45) is 5.92 Å². The van der Waals surface area contributed by atoms with Crippen molar-refractivity contribution in [2.75, 3.05) is 38.1 Å². The van der Waals surface area contributed by atoms with Crippen LogP contribution in [-0.4, -0.2) is 57.9 Å². The van der Waals surface area contributed by atoms with Gasteiger partial charge in [-0.2, -0.15) is 5.10 Å². The molecule has 7 heteroatoms. The molecule has 0 atom stereocenters. The maximum Gasteiger partial charge on any atom is 0.160 e. The van der Waals surface area contributed by atoms with Gasteiger partial charge in [0.05, 0.1) is 24.8 Å². The third-order valence-corrected chi connectivity index (χ3v) is 5.18. The fraction of sp³-hybridized carbons (Fsp3) is 0.450. The number of rotatable bonds is 8. The van der Waals surface area contributed by atoms with Gasteiger partial charge in [0.25, 0.3) is 0 Å². The monoisotopic (exact) mass is 366 g/mol. The number of nitrogens with zero attached hydrogens (tertiary/aromatic N) is 4. The molecule has 1 saturated heterocycles. The van der Waals surface area contributed by atoms with Crippen LogP contribution in [0.1, 0.15) is 18.4 Å². The maximum absolute atomic E-state index is 5.81. The van der Waals surface area contributed by atoms with Gasteiger partial charge in [0.15, 0.2) is 5.65 Å². The summed E-state index contributed by atoms with van der Waals surface area (Å²) in [5.41, 5.74) is 2.01. The van der Waals surface area contributed by atoms with E-state index in [1.807, 2.05) is 6.07 Å². The minimum absolute atomic E-state index is 0.670. The van der Waals surface area contributed by atoms with Crippen molar-refractivity contribution >= 4 is 16.9 Å². The van der Waals surface area contributed by atoms with Crippen molar-refractivity contribution in [1.82, 2.24) is 25.1 Å². The molecule has 2 N–H and O–H groups in total. The van der Waals surface area contributed by atoms with Crippen molar-refractivity contribution in [3.8, 4) is 0 Å². The van der Waals surface area contributed by atoms with E-state index in [0.717, 1.165) is 49.6 Å². The zero-order valence-corrected chi connectivity index (χ0v) is 15.5. The van der Waals surface area contributed by atoms with Gasteiger partial charge in [-0.3, -0.25) is 5.10 Å². The van der Waals surface area contributed by atoms with E-state index in [9.17, 15) is 0 Å². The molecule has 2 aromatic heterocycles. The zero-order valence-electron chi connectivity index (χ0n) is 15.5. The minimum Gasteiger partial charge on any atom is -0.375 e. The third-order valence-electron chi connectivity index (χ3n) is 5.18. The van der Waals surface area contributed by atoms with E-state index in [-0.39, 0.29) is 0 Å². The number of hydrogen-bond acceptors (Lipinski definition) is 6. The van der Waals surface area contributed by atoms with Crippen LogP contribution in [-0.2, 0) is 11.3 Å². The molecule has 0 amide bonds. The maximum atomic E-state index is 5.81. The van der Waals surface area contributed by atoms with E-state index in [1.165, 1.54) is 18.4 Å². The Morgan fingerprint density at radius 1 is 1.15 bits per heavy atom. The molecule has 1 aliphatic heterocycles. The second-order valence-corrected chi connectivity index (χ2v) is 7.06. The third kappa shape index (κ3) is 4.81. The Kier molecular flexibility index (Phi) is 5.91. The normalized spacial score (nSPS) is 16.0. The molecule has 0 aliphatic carbocycles. The van der Waals surface area contributed by atoms with Gasteiger partial charge in [0.1, 0.15) is 12.1 Å². The number of anilines is 1. The molecule has 0 bridgehead atoms. The van der Waals surface area contributed by atoms with Gasteiger partial charge in [-0.1, -0.05) is 30.3 Å². The number of nitrogens with one attached hydrogen (secondary N) is 2. The van der Waals surface area contributed by atoms with E-state index in [4.69, 9.17) is 4.74 Å². The lowest BCUT2D eigenvalue weighted by molar-refractivity contribution is 0.0803. The van der Waals surface area contributed by atoms with Crippen LogP contribution in [0.2, 0.25) is 0 Å². The number of H-pyrrole nitrogens is 1. The van der Waals surface area contributed by atoms with Gasteiger partial charge in [0, 0.05) is 13.1 Å². The Bertz CT molecular complexity index is 829. The molecular weight excluding hydrogens is 340 g/mol. The number of fused-ring (bicyclic) bond motifs is 1. The predicted octanol–water partition coefficient (Wildman–Crippen LogP) is 2.69. The molecule has 1 fully saturated rings. The van der Waals surface area contributed by atoms with Crippen LogP contribution in [0.4, 0.5) is 5.82 Å². The molecule has 1 aliphatic rings. The molecule has 0 saturated carbocycles. The highest BCUT2D eigenvalue weighted by Gasteiger charge is 2.19. The Morgan fingerprint density at radius 3 is 2.85 bits per heavy atom. The van der Waals surface area contributed by atoms with Gasteiger partial charge in [-0.05, 0) is 37.4 Å². The summed E-state index contributed by atoms with van der Waals surface area (Å²) < 4.78 is 5.81. The first kappa shape index (κ1) is 17.9. The summed E-state index contributed by atoms with van der Waals surface area (Å²) in [4.78, 5) is 11.0. The van der Waals surface area contributed by atoms with Crippen molar-refractivity contribution in [2.45, 2.75) is 19.4 Å². The summed E-state index contributed by atoms with van der Waals surface area (Å²) in [5, 5.41) is 11.3. The van der Waals surface area contributed by atoms with Gasteiger partial charge in [-0.25, -0.2) is 9.97 Å². The molecule has 27 heavy (non-hydrogen) atoms. The summed E-state index contributed by atoms with van der Waals surface area (Å²) >= 11 is 0. The predicted molar refractivity (Wildman–Crippen MR) is 105 cm³/mol. The first-order valence-corrected chi connectivity index (χ1v) is 9.60. The molecular formula is C20H26N6O. The number of aromatic nitrogens is 4. The highest BCUT2D eigenvalue weighted by atomic mass is 16.5. The van der Waals surface area contributed by atoms with Crippen LogP contribution in [0.3, 0.4) is 0 Å². The molecule has 7 nitrogen and oxygen atoms in total. The van der Waals surface area contributed by atoms with Crippen molar-refractivity contribution in [3.63, 3.8) is 0 Å². The molecule has 3 heterocycles. The molecule has 4 rings (SSSR count). The Morgan fingerprint density at radius 2 is 2.00 bits per heavy atom. The van der Waals surface area contributed by atoms with Crippen LogP contribution in [0.25, 0.3) is 11.0 Å². The second-order valence-electron chi connectivity index (χ2n) is 7.06. The number of benzene rings is 1. The topological polar surface area (TPSA) is 79.0 Å². The lowest BCUT2D eigenvalue weighted by Gasteiger charge is -2.32. The van der Waals surface area contributed by atoms with E-state index in [1.54, 1.807) is 12.5 Å². The minimum atomic E-state index is 0.670. The van der Waals surface area contributed by atoms with Crippen LogP contribution in [0, 0.1) is 5.92 Å². The SMILES string of the molecule is c1ccc(COCCN2CCC(CNc3ncnc4[nH]ncc34)CC2)cc1. The lowest BCUT2D eigenvalue weighted by Crippen LogP contribution is -2.37. The smallest absolute Gasteiger partial charge is 0.160 e. The fourth-order valence-electron chi connectivity index (χ4n) is 3.52. The molecule has 1 aromatic carbocycles. The average molecular weight is 366 g/mol.